The van der Waals surface area contributed by atoms with Crippen LogP contribution in [0.15, 0.2) is 130 Å². The van der Waals surface area contributed by atoms with E-state index in [2.05, 4.69) is 36.4 Å². The fourth-order valence-electron chi connectivity index (χ4n) is 6.09. The van der Waals surface area contributed by atoms with Crippen LogP contribution in [0.4, 0.5) is 0 Å². The lowest BCUT2D eigenvalue weighted by molar-refractivity contribution is 0.669. The molecule has 42 heavy (non-hydrogen) atoms. The Labute approximate surface area is 240 Å². The third-order valence-electron chi connectivity index (χ3n) is 7.96. The fourth-order valence-corrected chi connectivity index (χ4v) is 6.09. The molecule has 0 saturated heterocycles. The summed E-state index contributed by atoms with van der Waals surface area (Å²) in [4.78, 5) is 0. The molecule has 2 aromatic heterocycles. The molecule has 0 bridgehead atoms. The molecule has 0 spiro atoms. The molecule has 0 N–H and O–H groups in total. The predicted octanol–water partition coefficient (Wildman–Crippen LogP) is 10.2. The molecule has 194 valence electrons. The van der Waals surface area contributed by atoms with Gasteiger partial charge in [-0.3, -0.25) is 0 Å². The van der Waals surface area contributed by atoms with Crippen molar-refractivity contribution in [3.05, 3.63) is 132 Å². The van der Waals surface area contributed by atoms with Gasteiger partial charge in [-0.05, 0) is 59.2 Å². The van der Waals surface area contributed by atoms with Crippen LogP contribution in [0.5, 0.6) is 0 Å². The van der Waals surface area contributed by atoms with E-state index < -0.39 is 0 Å². The number of hydrogen-bond donors (Lipinski definition) is 0. The second-order valence-electron chi connectivity index (χ2n) is 10.3. The van der Waals surface area contributed by atoms with Gasteiger partial charge >= 0.3 is 0 Å². The van der Waals surface area contributed by atoms with Gasteiger partial charge in [-0.1, -0.05) is 78.9 Å². The Kier molecular flexibility index (Phi) is 5.22. The number of para-hydroxylation sites is 3. The topological polar surface area (TPSA) is 73.9 Å². The second-order valence-corrected chi connectivity index (χ2v) is 10.3. The zero-order valence-electron chi connectivity index (χ0n) is 22.3. The Morgan fingerprint density at radius 3 is 1.95 bits per heavy atom. The summed E-state index contributed by atoms with van der Waals surface area (Å²) in [6, 6.07) is 44.4. The van der Waals surface area contributed by atoms with Gasteiger partial charge in [-0.15, -0.1) is 0 Å². The molecule has 0 unspecified atom stereocenters. The van der Waals surface area contributed by atoms with Gasteiger partial charge in [0.25, 0.3) is 0 Å². The van der Waals surface area contributed by atoms with E-state index in [9.17, 15) is 10.5 Å². The van der Waals surface area contributed by atoms with Gasteiger partial charge in [-0.25, -0.2) is 0 Å². The van der Waals surface area contributed by atoms with Crippen LogP contribution < -0.4 is 0 Å². The van der Waals surface area contributed by atoms with Crippen LogP contribution in [0, 0.1) is 22.7 Å². The van der Waals surface area contributed by atoms with E-state index in [-0.39, 0.29) is 0 Å². The van der Waals surface area contributed by atoms with Crippen molar-refractivity contribution in [3.8, 4) is 45.5 Å². The third-order valence-corrected chi connectivity index (χ3v) is 7.96. The summed E-state index contributed by atoms with van der Waals surface area (Å²) in [6.45, 7) is 0. The first kappa shape index (κ1) is 23.8. The van der Waals surface area contributed by atoms with Gasteiger partial charge in [0.05, 0.1) is 17.2 Å². The number of rotatable bonds is 3. The molecular formula is C38H20N2O2. The van der Waals surface area contributed by atoms with Crippen molar-refractivity contribution >= 4 is 43.9 Å². The van der Waals surface area contributed by atoms with Crippen molar-refractivity contribution < 1.29 is 8.83 Å². The summed E-state index contributed by atoms with van der Waals surface area (Å²) < 4.78 is 12.6. The lowest BCUT2D eigenvalue weighted by Crippen LogP contribution is -1.94. The highest BCUT2D eigenvalue weighted by atomic mass is 16.3. The Bertz CT molecular complexity index is 2450. The first-order chi connectivity index (χ1) is 20.7. The normalized spacial score (nSPS) is 11.3. The van der Waals surface area contributed by atoms with Crippen molar-refractivity contribution in [1.82, 2.24) is 0 Å². The lowest BCUT2D eigenvalue weighted by Gasteiger charge is -2.15. The van der Waals surface area contributed by atoms with Gasteiger partial charge in [0.2, 0.25) is 0 Å². The Balaban J connectivity index is 1.50. The molecule has 4 heteroatoms. The average molecular weight is 537 g/mol. The van der Waals surface area contributed by atoms with Crippen molar-refractivity contribution in [3.63, 3.8) is 0 Å². The number of nitrogens with zero attached hydrogens (tertiary/aromatic N) is 2. The predicted molar refractivity (Wildman–Crippen MR) is 167 cm³/mol. The fraction of sp³-hybridized carbons (Fsp3) is 0. The maximum absolute atomic E-state index is 10.7. The van der Waals surface area contributed by atoms with Crippen LogP contribution in [-0.4, -0.2) is 0 Å². The molecular weight excluding hydrogens is 516 g/mol. The van der Waals surface area contributed by atoms with Gasteiger partial charge in [-0.2, -0.15) is 10.5 Å². The largest absolute Gasteiger partial charge is 0.456 e. The van der Waals surface area contributed by atoms with Crippen LogP contribution in [0.1, 0.15) is 11.1 Å². The van der Waals surface area contributed by atoms with Crippen LogP contribution in [0.25, 0.3) is 77.3 Å². The molecule has 8 aromatic rings. The van der Waals surface area contributed by atoms with Crippen LogP contribution in [0.2, 0.25) is 0 Å². The van der Waals surface area contributed by atoms with Gasteiger partial charge in [0.1, 0.15) is 28.4 Å². The molecule has 0 aliphatic heterocycles. The van der Waals surface area contributed by atoms with Gasteiger partial charge in [0.15, 0.2) is 0 Å². The monoisotopic (exact) mass is 536 g/mol. The highest BCUT2D eigenvalue weighted by Gasteiger charge is 2.21. The number of nitriles is 2. The van der Waals surface area contributed by atoms with E-state index in [0.717, 1.165) is 77.3 Å². The summed E-state index contributed by atoms with van der Waals surface area (Å²) in [5.41, 5.74) is 9.32. The standard InChI is InChI=1S/C38H20N2O2/c39-21-23-8-5-9-24(18-23)31-19-25(26-12-6-14-29-27-10-1-3-15-34(27)42-38(26)29)20-32(33(31)22-40)28-13-7-17-36-37(28)30-11-2-4-16-35(30)41-36/h1-20H. The van der Waals surface area contributed by atoms with Crippen molar-refractivity contribution in [2.24, 2.45) is 0 Å². The van der Waals surface area contributed by atoms with Crippen molar-refractivity contribution in [2.75, 3.05) is 0 Å². The van der Waals surface area contributed by atoms with Crippen molar-refractivity contribution in [2.45, 2.75) is 0 Å². The molecule has 0 atom stereocenters. The van der Waals surface area contributed by atoms with Gasteiger partial charge in [0, 0.05) is 38.2 Å². The molecule has 0 aliphatic carbocycles. The van der Waals surface area contributed by atoms with E-state index in [4.69, 9.17) is 8.83 Å². The number of furan rings is 2. The number of benzene rings is 6. The minimum absolute atomic E-state index is 0.531. The SMILES string of the molecule is N#Cc1cccc(-c2cc(-c3cccc4c3oc3ccccc34)cc(-c3cccc4oc5ccccc5c34)c2C#N)c1. The first-order valence-corrected chi connectivity index (χ1v) is 13.6. The van der Waals surface area contributed by atoms with Gasteiger partial charge < -0.3 is 8.83 Å². The first-order valence-electron chi connectivity index (χ1n) is 13.6. The quantitative estimate of drug-likeness (QED) is 0.225. The lowest BCUT2D eigenvalue weighted by atomic mass is 9.86. The smallest absolute Gasteiger partial charge is 0.143 e. The second kappa shape index (κ2) is 9.24. The highest BCUT2D eigenvalue weighted by Crippen LogP contribution is 2.44. The zero-order valence-corrected chi connectivity index (χ0v) is 22.3. The zero-order chi connectivity index (χ0) is 28.2. The average Bonchev–Trinajstić information content (AvgIpc) is 3.63. The molecule has 8 rings (SSSR count). The maximum atomic E-state index is 10.7. The minimum atomic E-state index is 0.531. The molecule has 2 heterocycles. The Morgan fingerprint density at radius 1 is 0.452 bits per heavy atom. The molecule has 0 aliphatic rings. The summed E-state index contributed by atoms with van der Waals surface area (Å²) >= 11 is 0. The summed E-state index contributed by atoms with van der Waals surface area (Å²) in [5.74, 6) is 0. The molecule has 4 nitrogen and oxygen atoms in total. The van der Waals surface area contributed by atoms with E-state index in [0.29, 0.717) is 11.1 Å². The third kappa shape index (κ3) is 3.53. The Morgan fingerprint density at radius 2 is 1.12 bits per heavy atom. The highest BCUT2D eigenvalue weighted by molar-refractivity contribution is 6.14. The van der Waals surface area contributed by atoms with Crippen LogP contribution >= 0.6 is 0 Å². The maximum Gasteiger partial charge on any atom is 0.143 e. The van der Waals surface area contributed by atoms with E-state index in [1.54, 1.807) is 6.07 Å². The molecule has 0 radical (unpaired) electrons. The van der Waals surface area contributed by atoms with E-state index in [1.807, 2.05) is 91.0 Å². The number of fused-ring (bicyclic) bond motifs is 6. The molecule has 0 saturated carbocycles. The Hall–Kier alpha value is -6.10. The van der Waals surface area contributed by atoms with Crippen LogP contribution in [0.3, 0.4) is 0 Å². The van der Waals surface area contributed by atoms with E-state index >= 15 is 0 Å². The molecule has 0 amide bonds. The van der Waals surface area contributed by atoms with E-state index in [1.165, 1.54) is 0 Å². The molecule has 0 fully saturated rings. The van der Waals surface area contributed by atoms with Crippen molar-refractivity contribution in [1.29, 1.82) is 10.5 Å². The number of hydrogen-bond acceptors (Lipinski definition) is 4. The summed E-state index contributed by atoms with van der Waals surface area (Å²) in [6.07, 6.45) is 0. The molecule has 6 aromatic carbocycles. The summed E-state index contributed by atoms with van der Waals surface area (Å²) in [5, 5.41) is 24.3. The minimum Gasteiger partial charge on any atom is -0.456 e. The van der Waals surface area contributed by atoms with Crippen LogP contribution in [-0.2, 0) is 0 Å². The summed E-state index contributed by atoms with van der Waals surface area (Å²) in [7, 11) is 0.